The van der Waals surface area contributed by atoms with Crippen LogP contribution in [0.2, 0.25) is 5.15 Å². The summed E-state index contributed by atoms with van der Waals surface area (Å²) in [5, 5.41) is 12.9. The summed E-state index contributed by atoms with van der Waals surface area (Å²) in [6.07, 6.45) is 2.22. The molecule has 1 atom stereocenters. The van der Waals surface area contributed by atoms with Crippen molar-refractivity contribution < 1.29 is 9.52 Å². The number of anilines is 1. The van der Waals surface area contributed by atoms with Gasteiger partial charge in [0.2, 0.25) is 0 Å². The molecule has 5 nitrogen and oxygen atoms in total. The fourth-order valence-electron chi connectivity index (χ4n) is 2.21. The fourth-order valence-corrected chi connectivity index (χ4v) is 4.45. The van der Waals surface area contributed by atoms with E-state index in [0.717, 1.165) is 31.0 Å². The maximum absolute atomic E-state index is 9.16. The summed E-state index contributed by atoms with van der Waals surface area (Å²) < 4.78 is 7.21. The maximum atomic E-state index is 9.16. The Kier molecular flexibility index (Phi) is 8.97. The lowest BCUT2D eigenvalue weighted by Crippen LogP contribution is -2.26. The van der Waals surface area contributed by atoms with Crippen LogP contribution in [-0.2, 0) is 13.0 Å². The van der Waals surface area contributed by atoms with E-state index < -0.39 is 0 Å². The number of aliphatic hydroxyl groups excluding tert-OH is 1. The molecule has 0 spiro atoms. The van der Waals surface area contributed by atoms with E-state index in [-0.39, 0.29) is 37.5 Å². The number of nitrogens with zero attached hydrogens (tertiary/aromatic N) is 1. The molecule has 0 unspecified atom stereocenters. The van der Waals surface area contributed by atoms with Crippen molar-refractivity contribution in [2.75, 3.05) is 11.9 Å². The van der Waals surface area contributed by atoms with Gasteiger partial charge in [-0.15, -0.1) is 36.2 Å². The zero-order chi connectivity index (χ0) is 16.4. The Bertz CT molecular complexity index is 814. The van der Waals surface area contributed by atoms with Crippen molar-refractivity contribution in [2.45, 2.75) is 19.0 Å². The first-order chi connectivity index (χ1) is 11.1. The first-order valence-corrected chi connectivity index (χ1v) is 8.97. The zero-order valence-electron chi connectivity index (χ0n) is 12.9. The molecule has 0 saturated carbocycles. The van der Waals surface area contributed by atoms with E-state index in [0.29, 0.717) is 18.1 Å². The predicted octanol–water partition coefficient (Wildman–Crippen LogP) is 4.62. The van der Waals surface area contributed by atoms with Crippen LogP contribution in [0.15, 0.2) is 33.4 Å². The molecule has 0 aliphatic carbocycles. The van der Waals surface area contributed by atoms with Crippen LogP contribution in [0.1, 0.15) is 10.6 Å². The van der Waals surface area contributed by atoms with Gasteiger partial charge in [0.25, 0.3) is 0 Å². The van der Waals surface area contributed by atoms with Crippen LogP contribution in [0, 0.1) is 0 Å². The quantitative estimate of drug-likeness (QED) is 0.440. The topological polar surface area (TPSA) is 84.3 Å². The summed E-state index contributed by atoms with van der Waals surface area (Å²) >= 11 is 11.3. The number of thiophene rings is 1. The molecule has 3 aromatic heterocycles. The Morgan fingerprint density at radius 2 is 2.20 bits per heavy atom. The fraction of sp³-hybridized carbons (Fsp3) is 0.267. The number of pyridine rings is 1. The molecule has 138 valence electrons. The summed E-state index contributed by atoms with van der Waals surface area (Å²) in [5.41, 5.74) is 7.54. The summed E-state index contributed by atoms with van der Waals surface area (Å²) in [7, 11) is 0. The molecule has 3 aromatic rings. The molecule has 0 radical (unpaired) electrons. The molecule has 4 N–H and O–H groups in total. The summed E-state index contributed by atoms with van der Waals surface area (Å²) in [4.78, 5) is 5.44. The van der Waals surface area contributed by atoms with Gasteiger partial charge in [0.05, 0.1) is 39.8 Å². The molecule has 0 saturated heterocycles. The summed E-state index contributed by atoms with van der Waals surface area (Å²) in [6, 6.07) is 5.26. The zero-order valence-corrected chi connectivity index (χ0v) is 17.7. The summed E-state index contributed by atoms with van der Waals surface area (Å²) in [6.45, 7) is 0.502. The van der Waals surface area contributed by atoms with E-state index in [1.807, 2.05) is 12.1 Å². The number of aliphatic hydroxyl groups is 1. The number of aromatic nitrogens is 1. The van der Waals surface area contributed by atoms with Crippen LogP contribution in [0.4, 0.5) is 5.69 Å². The summed E-state index contributed by atoms with van der Waals surface area (Å²) in [5.74, 6) is 0.837. The highest BCUT2D eigenvalue weighted by molar-refractivity contribution is 9.10. The Hall–Kier alpha value is -0.540. The minimum Gasteiger partial charge on any atom is -0.467 e. The van der Waals surface area contributed by atoms with Gasteiger partial charge in [0.1, 0.15) is 10.9 Å². The third kappa shape index (κ3) is 5.23. The SMILES string of the molecule is Cl.Cl.N[C@@H](CO)Cc1sc2c(NCc3ccco3)cc(Cl)nc2c1Br. The number of nitrogens with two attached hydrogens (primary N) is 1. The average Bonchev–Trinajstić information content (AvgIpc) is 3.15. The van der Waals surface area contributed by atoms with Crippen molar-refractivity contribution in [3.63, 3.8) is 0 Å². The molecular formula is C15H17BrCl3N3O2S. The monoisotopic (exact) mass is 487 g/mol. The predicted molar refractivity (Wildman–Crippen MR) is 112 cm³/mol. The van der Waals surface area contributed by atoms with Gasteiger partial charge in [0.15, 0.2) is 0 Å². The molecule has 25 heavy (non-hydrogen) atoms. The van der Waals surface area contributed by atoms with Gasteiger partial charge in [-0.3, -0.25) is 0 Å². The highest BCUT2D eigenvalue weighted by atomic mass is 79.9. The highest BCUT2D eigenvalue weighted by Gasteiger charge is 2.17. The third-order valence-electron chi connectivity index (χ3n) is 3.33. The van der Waals surface area contributed by atoms with E-state index in [1.165, 1.54) is 0 Å². The normalized spacial score (nSPS) is 11.7. The van der Waals surface area contributed by atoms with Crippen molar-refractivity contribution in [1.82, 2.24) is 4.98 Å². The lowest BCUT2D eigenvalue weighted by atomic mass is 10.2. The lowest BCUT2D eigenvalue weighted by Gasteiger charge is -2.06. The second kappa shape index (κ2) is 9.97. The Labute approximate surface area is 174 Å². The molecule has 0 aromatic carbocycles. The second-order valence-electron chi connectivity index (χ2n) is 5.09. The lowest BCUT2D eigenvalue weighted by molar-refractivity contribution is 0.265. The van der Waals surface area contributed by atoms with Crippen molar-refractivity contribution in [3.05, 3.63) is 44.7 Å². The largest absolute Gasteiger partial charge is 0.467 e. The van der Waals surface area contributed by atoms with Gasteiger partial charge in [-0.1, -0.05) is 11.6 Å². The molecule has 0 bridgehead atoms. The standard InChI is InChI=1S/C15H15BrClN3O2S.2ClH/c16-13-11(4-8(18)7-21)23-15-10(5-12(17)20-14(13)15)19-6-9-2-1-3-22-9;;/h1-3,5,8,21H,4,6-7,18H2,(H,19,20);2*1H/t8-;;/m1../s1. The van der Waals surface area contributed by atoms with E-state index in [2.05, 4.69) is 26.2 Å². The number of hydrogen-bond acceptors (Lipinski definition) is 6. The molecule has 0 fully saturated rings. The van der Waals surface area contributed by atoms with Crippen LogP contribution in [0.3, 0.4) is 0 Å². The van der Waals surface area contributed by atoms with Gasteiger partial charge in [0, 0.05) is 23.4 Å². The minimum absolute atomic E-state index is 0. The van der Waals surface area contributed by atoms with Gasteiger partial charge in [-0.2, -0.15) is 0 Å². The molecule has 3 heterocycles. The Morgan fingerprint density at radius 1 is 1.44 bits per heavy atom. The maximum Gasteiger partial charge on any atom is 0.131 e. The smallest absolute Gasteiger partial charge is 0.131 e. The van der Waals surface area contributed by atoms with E-state index in [4.69, 9.17) is 26.9 Å². The van der Waals surface area contributed by atoms with Crippen LogP contribution in [0.25, 0.3) is 10.2 Å². The molecule has 10 heteroatoms. The molecule has 0 aliphatic heterocycles. The van der Waals surface area contributed by atoms with Crippen LogP contribution in [0.5, 0.6) is 0 Å². The molecular weight excluding hydrogens is 473 g/mol. The molecule has 3 rings (SSSR count). The van der Waals surface area contributed by atoms with E-state index in [1.54, 1.807) is 23.7 Å². The second-order valence-corrected chi connectivity index (χ2v) is 7.37. The number of fused-ring (bicyclic) bond motifs is 1. The third-order valence-corrected chi connectivity index (χ3v) is 5.88. The highest BCUT2D eigenvalue weighted by Crippen LogP contribution is 2.40. The molecule has 0 amide bonds. The van der Waals surface area contributed by atoms with Crippen molar-refractivity contribution in [3.8, 4) is 0 Å². The number of halogens is 4. The number of furan rings is 1. The Morgan fingerprint density at radius 3 is 2.84 bits per heavy atom. The molecule has 0 aliphatic rings. The van der Waals surface area contributed by atoms with Crippen LogP contribution >= 0.6 is 63.7 Å². The first kappa shape index (κ1) is 22.5. The number of nitrogens with one attached hydrogen (secondary N) is 1. The van der Waals surface area contributed by atoms with Gasteiger partial charge in [-0.05, 0) is 28.1 Å². The van der Waals surface area contributed by atoms with Gasteiger partial charge < -0.3 is 20.6 Å². The van der Waals surface area contributed by atoms with Gasteiger partial charge >= 0.3 is 0 Å². The van der Waals surface area contributed by atoms with Crippen LogP contribution < -0.4 is 11.1 Å². The average molecular weight is 490 g/mol. The van der Waals surface area contributed by atoms with Crippen LogP contribution in [-0.4, -0.2) is 22.7 Å². The van der Waals surface area contributed by atoms with Crippen molar-refractivity contribution in [1.29, 1.82) is 0 Å². The first-order valence-electron chi connectivity index (χ1n) is 6.98. The van der Waals surface area contributed by atoms with E-state index >= 15 is 0 Å². The van der Waals surface area contributed by atoms with E-state index in [9.17, 15) is 0 Å². The number of rotatable bonds is 6. The minimum atomic E-state index is -0.297. The van der Waals surface area contributed by atoms with Crippen molar-refractivity contribution >= 4 is 79.6 Å². The number of hydrogen-bond donors (Lipinski definition) is 3. The van der Waals surface area contributed by atoms with Crippen molar-refractivity contribution in [2.24, 2.45) is 5.73 Å². The van der Waals surface area contributed by atoms with Gasteiger partial charge in [-0.25, -0.2) is 4.98 Å². The Balaban J connectivity index is 0.00000156.